The van der Waals surface area contributed by atoms with Crippen molar-refractivity contribution in [2.75, 3.05) is 0 Å². The zero-order valence-corrected chi connectivity index (χ0v) is 24.7. The molecule has 0 aliphatic heterocycles. The third-order valence-electron chi connectivity index (χ3n) is 7.89. The average Bonchev–Trinajstić information content (AvgIpc) is 2.98. The van der Waals surface area contributed by atoms with Crippen molar-refractivity contribution in [3.05, 3.63) is 97.1 Å². The normalized spacial score (nSPS) is 16.9. The molecule has 0 bridgehead atoms. The van der Waals surface area contributed by atoms with E-state index in [9.17, 15) is 4.57 Å². The van der Waals surface area contributed by atoms with Crippen LogP contribution in [0, 0.1) is 12.1 Å². The molecular weight excluding hydrogens is 650 g/mol. The van der Waals surface area contributed by atoms with E-state index in [-0.39, 0.29) is 20.1 Å². The van der Waals surface area contributed by atoms with Crippen LogP contribution in [0.2, 0.25) is 0 Å². The van der Waals surface area contributed by atoms with E-state index >= 15 is 0 Å². The molecule has 2 saturated carbocycles. The number of pyridine rings is 1. The average molecular weight is 686 g/mol. The van der Waals surface area contributed by atoms with Gasteiger partial charge in [-0.2, -0.15) is 30.3 Å². The van der Waals surface area contributed by atoms with E-state index in [1.54, 1.807) is 0 Å². The van der Waals surface area contributed by atoms with Gasteiger partial charge in [-0.1, -0.05) is 68.9 Å². The number of fused-ring (bicyclic) bond motifs is 1. The van der Waals surface area contributed by atoms with Crippen molar-refractivity contribution in [3.8, 4) is 11.3 Å². The number of rotatable bonds is 4. The Kier molecular flexibility index (Phi) is 10.3. The summed E-state index contributed by atoms with van der Waals surface area (Å²) in [6.07, 6.45) is 12.5. The fraction of sp³-hybridized carbons (Fsp3) is 0.364. The van der Waals surface area contributed by atoms with E-state index < -0.39 is 7.14 Å². The Labute approximate surface area is 236 Å². The molecule has 1 heterocycles. The Balaban J connectivity index is 0.000000172. The summed E-state index contributed by atoms with van der Waals surface area (Å²) in [5.41, 5.74) is 3.92. The van der Waals surface area contributed by atoms with Crippen molar-refractivity contribution in [2.24, 2.45) is 0 Å². The van der Waals surface area contributed by atoms with Gasteiger partial charge in [0.25, 0.3) is 0 Å². The van der Waals surface area contributed by atoms with Crippen LogP contribution in [-0.4, -0.2) is 16.3 Å². The van der Waals surface area contributed by atoms with Gasteiger partial charge in [-0.3, -0.25) is 4.98 Å². The second kappa shape index (κ2) is 13.7. The number of hydrogen-bond donors (Lipinski definition) is 0. The maximum Gasteiger partial charge on any atom is 0.0978 e. The van der Waals surface area contributed by atoms with Crippen molar-refractivity contribution in [1.29, 1.82) is 0 Å². The number of benzene rings is 3. The minimum Gasteiger partial charge on any atom is -0.320 e. The summed E-state index contributed by atoms with van der Waals surface area (Å²) >= 11 is 0. The quantitative estimate of drug-likeness (QED) is 0.159. The van der Waals surface area contributed by atoms with Gasteiger partial charge in [-0.25, -0.2) is 0 Å². The van der Waals surface area contributed by atoms with E-state index in [0.29, 0.717) is 11.3 Å². The van der Waals surface area contributed by atoms with Crippen molar-refractivity contribution in [1.82, 2.24) is 4.98 Å². The fourth-order valence-corrected chi connectivity index (χ4v) is 10.2. The van der Waals surface area contributed by atoms with Gasteiger partial charge in [0, 0.05) is 31.4 Å². The van der Waals surface area contributed by atoms with Crippen molar-refractivity contribution in [3.63, 3.8) is 0 Å². The minimum atomic E-state index is -2.28. The number of aromatic nitrogens is 1. The molecule has 3 aromatic carbocycles. The number of nitrogens with zero attached hydrogens (tertiary/aromatic N) is 1. The van der Waals surface area contributed by atoms with Gasteiger partial charge in [0.15, 0.2) is 0 Å². The second-order valence-electron chi connectivity index (χ2n) is 10.2. The van der Waals surface area contributed by atoms with Gasteiger partial charge in [-0.05, 0) is 42.8 Å². The number of para-hydroxylation sites is 1. The van der Waals surface area contributed by atoms with Crippen LogP contribution in [-0.2, 0) is 24.7 Å². The predicted octanol–water partition coefficient (Wildman–Crippen LogP) is 8.84. The van der Waals surface area contributed by atoms with Crippen LogP contribution in [0.25, 0.3) is 22.2 Å². The molecule has 2 aliphatic carbocycles. The van der Waals surface area contributed by atoms with Crippen LogP contribution in [0.4, 0.5) is 0 Å². The fourth-order valence-electron chi connectivity index (χ4n) is 5.99. The van der Waals surface area contributed by atoms with Crippen LogP contribution in [0.5, 0.6) is 0 Å². The van der Waals surface area contributed by atoms with Crippen LogP contribution in [0.3, 0.4) is 0 Å². The molecule has 2 fully saturated rings. The predicted molar refractivity (Wildman–Crippen MR) is 152 cm³/mol. The van der Waals surface area contributed by atoms with Crippen molar-refractivity contribution < 1.29 is 24.7 Å². The molecule has 1 aromatic heterocycles. The van der Waals surface area contributed by atoms with Gasteiger partial charge in [0.05, 0.1) is 12.7 Å². The Morgan fingerprint density at radius 2 is 1.24 bits per heavy atom. The molecule has 0 spiro atoms. The third-order valence-corrected chi connectivity index (χ3v) is 12.1. The SMILES string of the molecule is O=P(c1[c-]cccc1)(C1CCCCC1)C1CCCCC1.[Ir].[c-]1ccccc1-c1ccc2ccccc2n1. The second-order valence-corrected chi connectivity index (χ2v) is 13.6. The first-order valence-electron chi connectivity index (χ1n) is 13.6. The summed E-state index contributed by atoms with van der Waals surface area (Å²) in [6.45, 7) is 0. The van der Waals surface area contributed by atoms with E-state index in [2.05, 4.69) is 35.3 Å². The first kappa shape index (κ1) is 28.0. The first-order chi connectivity index (χ1) is 17.7. The molecule has 37 heavy (non-hydrogen) atoms. The maximum atomic E-state index is 14.1. The standard InChI is InChI=1S/C18H26OP.C15H10N.Ir/c19-20(16-10-4-1-5-11-16,17-12-6-2-7-13-17)18-14-8-3-9-15-18;1-2-6-12(7-3-1)15-11-10-13-8-4-5-9-14(13)16-15;/h1,4-5,10,17-18H,2-3,6-9,12-15H2;1-6,8-11H;/q2*-1;. The molecule has 2 nitrogen and oxygen atoms in total. The third kappa shape index (κ3) is 6.69. The van der Waals surface area contributed by atoms with E-state index in [1.165, 1.54) is 69.6 Å². The Bertz CT molecular complexity index is 1260. The molecular formula is C33H36IrNOP-2. The van der Waals surface area contributed by atoms with Crippen molar-refractivity contribution in [2.45, 2.75) is 75.5 Å². The smallest absolute Gasteiger partial charge is 0.0978 e. The van der Waals surface area contributed by atoms with E-state index in [0.717, 1.165) is 22.1 Å². The summed E-state index contributed by atoms with van der Waals surface area (Å²) in [5, 5.41) is 2.22. The molecule has 1 radical (unpaired) electrons. The monoisotopic (exact) mass is 686 g/mol. The zero-order valence-electron chi connectivity index (χ0n) is 21.4. The molecule has 4 heteroatoms. The summed E-state index contributed by atoms with van der Waals surface area (Å²) in [7, 11) is -2.28. The maximum absolute atomic E-state index is 14.1. The van der Waals surface area contributed by atoms with E-state index in [4.69, 9.17) is 0 Å². The minimum absolute atomic E-state index is 0. The van der Waals surface area contributed by atoms with Crippen LogP contribution in [0.1, 0.15) is 64.2 Å². The van der Waals surface area contributed by atoms with Gasteiger partial charge >= 0.3 is 0 Å². The summed E-state index contributed by atoms with van der Waals surface area (Å²) in [6, 6.07) is 34.8. The van der Waals surface area contributed by atoms with Crippen LogP contribution in [0.15, 0.2) is 84.9 Å². The molecule has 0 N–H and O–H groups in total. The summed E-state index contributed by atoms with van der Waals surface area (Å²) in [4.78, 5) is 4.61. The molecule has 0 unspecified atom stereocenters. The molecule has 4 aromatic rings. The largest absolute Gasteiger partial charge is 0.320 e. The van der Waals surface area contributed by atoms with Gasteiger partial charge in [-0.15, -0.1) is 41.2 Å². The Morgan fingerprint density at radius 1 is 0.649 bits per heavy atom. The molecule has 0 atom stereocenters. The first-order valence-corrected chi connectivity index (χ1v) is 15.5. The van der Waals surface area contributed by atoms with Gasteiger partial charge < -0.3 is 4.57 Å². The molecule has 0 amide bonds. The molecule has 6 rings (SSSR count). The van der Waals surface area contributed by atoms with Crippen molar-refractivity contribution >= 4 is 23.3 Å². The Morgan fingerprint density at radius 3 is 1.84 bits per heavy atom. The topological polar surface area (TPSA) is 30.0 Å². The molecule has 2 aliphatic rings. The van der Waals surface area contributed by atoms with Gasteiger partial charge in [0.2, 0.25) is 0 Å². The van der Waals surface area contributed by atoms with Crippen LogP contribution < -0.4 is 5.30 Å². The molecule has 195 valence electrons. The Hall–Kier alpha value is -2.05. The summed E-state index contributed by atoms with van der Waals surface area (Å²) in [5.74, 6) is 0. The zero-order chi connectivity index (χ0) is 24.6. The van der Waals surface area contributed by atoms with Gasteiger partial charge in [0.1, 0.15) is 0 Å². The summed E-state index contributed by atoms with van der Waals surface area (Å²) < 4.78 is 14.1. The number of hydrogen-bond acceptors (Lipinski definition) is 2. The molecule has 0 saturated heterocycles. The van der Waals surface area contributed by atoms with Crippen LogP contribution >= 0.6 is 7.14 Å². The van der Waals surface area contributed by atoms with E-state index in [1.807, 2.05) is 66.7 Å².